The summed E-state index contributed by atoms with van der Waals surface area (Å²) in [5.74, 6) is 1.95. The molecular formula is C17H24N2O3S. The van der Waals surface area contributed by atoms with E-state index in [4.69, 9.17) is 14.5 Å². The van der Waals surface area contributed by atoms with Gasteiger partial charge in [-0.05, 0) is 44.7 Å². The van der Waals surface area contributed by atoms with Crippen LogP contribution in [0.1, 0.15) is 26.7 Å². The zero-order valence-electron chi connectivity index (χ0n) is 14.1. The summed E-state index contributed by atoms with van der Waals surface area (Å²) in [5.41, 5.74) is 0.253. The molecule has 0 spiro atoms. The van der Waals surface area contributed by atoms with Gasteiger partial charge in [0.25, 0.3) is 0 Å². The predicted molar refractivity (Wildman–Crippen MR) is 94.0 cm³/mol. The number of thiazole rings is 1. The number of piperidine rings is 1. The van der Waals surface area contributed by atoms with E-state index in [2.05, 4.69) is 4.90 Å². The number of hydrogen-bond acceptors (Lipinski definition) is 6. The molecule has 1 saturated heterocycles. The first-order valence-electron chi connectivity index (χ1n) is 7.93. The van der Waals surface area contributed by atoms with Gasteiger partial charge in [-0.2, -0.15) is 0 Å². The van der Waals surface area contributed by atoms with E-state index in [-0.39, 0.29) is 0 Å². The van der Waals surface area contributed by atoms with Gasteiger partial charge in [0.05, 0.1) is 19.8 Å². The lowest BCUT2D eigenvalue weighted by Crippen LogP contribution is -2.41. The monoisotopic (exact) mass is 336 g/mol. The number of aliphatic hydroxyl groups is 1. The van der Waals surface area contributed by atoms with Crippen molar-refractivity contribution in [2.24, 2.45) is 5.92 Å². The number of methoxy groups -OCH3 is 2. The van der Waals surface area contributed by atoms with Crippen LogP contribution in [0.3, 0.4) is 0 Å². The van der Waals surface area contributed by atoms with Crippen molar-refractivity contribution in [2.45, 2.75) is 32.3 Å². The third-order valence-corrected chi connectivity index (χ3v) is 5.79. The highest BCUT2D eigenvalue weighted by Crippen LogP contribution is 2.41. The van der Waals surface area contributed by atoms with Crippen molar-refractivity contribution in [3.63, 3.8) is 0 Å². The lowest BCUT2D eigenvalue weighted by Gasteiger charge is -2.37. The van der Waals surface area contributed by atoms with E-state index in [0.717, 1.165) is 52.8 Å². The highest BCUT2D eigenvalue weighted by molar-refractivity contribution is 7.22. The lowest BCUT2D eigenvalue weighted by atomic mass is 9.83. The molecule has 0 amide bonds. The summed E-state index contributed by atoms with van der Waals surface area (Å²) in [7, 11) is 3.34. The number of ether oxygens (including phenoxy) is 2. The van der Waals surface area contributed by atoms with Crippen LogP contribution in [0.25, 0.3) is 10.2 Å². The quantitative estimate of drug-likeness (QED) is 0.928. The lowest BCUT2D eigenvalue weighted by molar-refractivity contribution is 0.00651. The molecule has 1 aliphatic rings. The Bertz CT molecular complexity index is 644. The second kappa shape index (κ2) is 6.17. The van der Waals surface area contributed by atoms with Crippen molar-refractivity contribution in [3.05, 3.63) is 12.1 Å². The fraction of sp³-hybridized carbons (Fsp3) is 0.588. The molecule has 0 bridgehead atoms. The minimum atomic E-state index is -0.605. The van der Waals surface area contributed by atoms with E-state index in [1.807, 2.05) is 26.0 Å². The zero-order valence-corrected chi connectivity index (χ0v) is 14.9. The SMILES string of the molecule is COc1ccc(OC)c2sc(N3CCC(C(C)(C)O)CC3)nc12. The van der Waals surface area contributed by atoms with Gasteiger partial charge in [0.2, 0.25) is 0 Å². The summed E-state index contributed by atoms with van der Waals surface area (Å²) in [5, 5.41) is 11.2. The molecule has 1 N–H and O–H groups in total. The van der Waals surface area contributed by atoms with Crippen LogP contribution in [-0.2, 0) is 0 Å². The average molecular weight is 336 g/mol. The fourth-order valence-corrected chi connectivity index (χ4v) is 4.31. The summed E-state index contributed by atoms with van der Waals surface area (Å²) in [6.45, 7) is 5.64. The van der Waals surface area contributed by atoms with Gasteiger partial charge in [0.1, 0.15) is 21.7 Å². The van der Waals surface area contributed by atoms with Gasteiger partial charge in [-0.15, -0.1) is 0 Å². The number of hydrogen-bond donors (Lipinski definition) is 1. The molecule has 23 heavy (non-hydrogen) atoms. The van der Waals surface area contributed by atoms with Crippen LogP contribution in [0.15, 0.2) is 12.1 Å². The fourth-order valence-electron chi connectivity index (χ4n) is 3.19. The largest absolute Gasteiger partial charge is 0.495 e. The molecule has 3 rings (SSSR count). The minimum absolute atomic E-state index is 0.345. The van der Waals surface area contributed by atoms with Gasteiger partial charge in [-0.3, -0.25) is 0 Å². The number of aromatic nitrogens is 1. The van der Waals surface area contributed by atoms with Crippen LogP contribution in [-0.4, -0.2) is 43.0 Å². The van der Waals surface area contributed by atoms with Crippen molar-refractivity contribution in [3.8, 4) is 11.5 Å². The molecule has 5 nitrogen and oxygen atoms in total. The molecule has 2 heterocycles. The van der Waals surface area contributed by atoms with E-state index in [0.29, 0.717) is 5.92 Å². The molecule has 1 aromatic carbocycles. The Hall–Kier alpha value is -1.53. The first-order valence-corrected chi connectivity index (χ1v) is 8.74. The maximum absolute atomic E-state index is 10.2. The second-order valence-corrected chi connectivity index (χ2v) is 7.54. The number of anilines is 1. The maximum atomic E-state index is 10.2. The molecule has 0 saturated carbocycles. The Labute approximate surface area is 140 Å². The van der Waals surface area contributed by atoms with Crippen LogP contribution in [0.2, 0.25) is 0 Å². The summed E-state index contributed by atoms with van der Waals surface area (Å²) >= 11 is 1.64. The molecule has 2 aromatic rings. The smallest absolute Gasteiger partial charge is 0.186 e. The zero-order chi connectivity index (χ0) is 16.6. The minimum Gasteiger partial charge on any atom is -0.495 e. The average Bonchev–Trinajstić information content (AvgIpc) is 2.98. The predicted octanol–water partition coefficient (Wildman–Crippen LogP) is 3.30. The van der Waals surface area contributed by atoms with Crippen LogP contribution < -0.4 is 14.4 Å². The van der Waals surface area contributed by atoms with Gasteiger partial charge in [0.15, 0.2) is 5.13 Å². The Kier molecular flexibility index (Phi) is 4.38. The van der Waals surface area contributed by atoms with Gasteiger partial charge >= 0.3 is 0 Å². The van der Waals surface area contributed by atoms with Gasteiger partial charge in [0, 0.05) is 13.1 Å². The molecule has 6 heteroatoms. The third-order valence-electron chi connectivity index (χ3n) is 4.66. The van der Waals surface area contributed by atoms with Gasteiger partial charge < -0.3 is 19.5 Å². The highest BCUT2D eigenvalue weighted by Gasteiger charge is 2.31. The van der Waals surface area contributed by atoms with Crippen molar-refractivity contribution in [2.75, 3.05) is 32.2 Å². The Morgan fingerprint density at radius 1 is 1.17 bits per heavy atom. The Morgan fingerprint density at radius 3 is 2.35 bits per heavy atom. The van der Waals surface area contributed by atoms with Crippen LogP contribution >= 0.6 is 11.3 Å². The highest BCUT2D eigenvalue weighted by atomic mass is 32.1. The van der Waals surface area contributed by atoms with Crippen molar-refractivity contribution in [1.29, 1.82) is 0 Å². The summed E-state index contributed by atoms with van der Waals surface area (Å²) in [4.78, 5) is 7.08. The number of rotatable bonds is 4. The standard InChI is InChI=1S/C17H24N2O3S/c1-17(2,20)11-7-9-19(10-8-11)16-18-14-12(21-3)5-6-13(22-4)15(14)23-16/h5-6,11,20H,7-10H2,1-4H3. The first-order chi connectivity index (χ1) is 10.9. The van der Waals surface area contributed by atoms with E-state index in [1.165, 1.54) is 0 Å². The van der Waals surface area contributed by atoms with Gasteiger partial charge in [-0.1, -0.05) is 11.3 Å². The summed E-state index contributed by atoms with van der Waals surface area (Å²) in [6, 6.07) is 3.81. The number of nitrogens with zero attached hydrogens (tertiary/aromatic N) is 2. The number of fused-ring (bicyclic) bond motifs is 1. The van der Waals surface area contributed by atoms with Crippen LogP contribution in [0.4, 0.5) is 5.13 Å². The van der Waals surface area contributed by atoms with Gasteiger partial charge in [-0.25, -0.2) is 4.98 Å². The second-order valence-electron chi connectivity index (χ2n) is 6.56. The third kappa shape index (κ3) is 3.10. The van der Waals surface area contributed by atoms with E-state index >= 15 is 0 Å². The van der Waals surface area contributed by atoms with E-state index in [1.54, 1.807) is 25.6 Å². The molecule has 1 aromatic heterocycles. The topological polar surface area (TPSA) is 54.8 Å². The maximum Gasteiger partial charge on any atom is 0.186 e. The molecular weight excluding hydrogens is 312 g/mol. The molecule has 126 valence electrons. The molecule has 0 aliphatic carbocycles. The molecule has 0 atom stereocenters. The summed E-state index contributed by atoms with van der Waals surface area (Å²) < 4.78 is 11.9. The summed E-state index contributed by atoms with van der Waals surface area (Å²) in [6.07, 6.45) is 1.96. The Balaban J connectivity index is 1.87. The normalized spacial score (nSPS) is 16.8. The molecule has 0 radical (unpaired) electrons. The van der Waals surface area contributed by atoms with Crippen molar-refractivity contribution in [1.82, 2.24) is 4.98 Å². The molecule has 1 aliphatic heterocycles. The molecule has 0 unspecified atom stereocenters. The number of benzene rings is 1. The van der Waals surface area contributed by atoms with Crippen molar-refractivity contribution >= 4 is 26.7 Å². The van der Waals surface area contributed by atoms with E-state index < -0.39 is 5.60 Å². The first kappa shape index (κ1) is 16.3. The van der Waals surface area contributed by atoms with Crippen molar-refractivity contribution < 1.29 is 14.6 Å². The van der Waals surface area contributed by atoms with Crippen LogP contribution in [0, 0.1) is 5.92 Å². The van der Waals surface area contributed by atoms with Crippen LogP contribution in [0.5, 0.6) is 11.5 Å². The Morgan fingerprint density at radius 2 is 1.78 bits per heavy atom. The van der Waals surface area contributed by atoms with E-state index in [9.17, 15) is 5.11 Å². The molecule has 1 fully saturated rings.